The highest BCUT2D eigenvalue weighted by Gasteiger charge is 2.17. The van der Waals surface area contributed by atoms with Crippen LogP contribution in [0.25, 0.3) is 0 Å². The molecule has 1 N–H and O–H groups in total. The summed E-state index contributed by atoms with van der Waals surface area (Å²) in [5, 5.41) is 12.1. The number of hydrogen-bond donors (Lipinski definition) is 1. The predicted molar refractivity (Wildman–Crippen MR) is 80.3 cm³/mol. The van der Waals surface area contributed by atoms with Crippen molar-refractivity contribution in [1.82, 2.24) is 0 Å². The summed E-state index contributed by atoms with van der Waals surface area (Å²) in [5.41, 5.74) is 2.12. The monoisotopic (exact) mass is 270 g/mol. The molecule has 0 saturated heterocycles. The van der Waals surface area contributed by atoms with Crippen LogP contribution in [0, 0.1) is 24.2 Å². The summed E-state index contributed by atoms with van der Waals surface area (Å²) >= 11 is 0. The molecule has 0 heterocycles. The van der Waals surface area contributed by atoms with Gasteiger partial charge in [-0.1, -0.05) is 37.8 Å². The summed E-state index contributed by atoms with van der Waals surface area (Å²) in [4.78, 5) is 12.2. The minimum absolute atomic E-state index is 0.0407. The van der Waals surface area contributed by atoms with Gasteiger partial charge in [0.2, 0.25) is 5.91 Å². The van der Waals surface area contributed by atoms with Gasteiger partial charge in [-0.05, 0) is 37.3 Å². The third-order valence-electron chi connectivity index (χ3n) is 4.11. The van der Waals surface area contributed by atoms with E-state index in [0.29, 0.717) is 23.6 Å². The Balaban J connectivity index is 1.98. The van der Waals surface area contributed by atoms with Crippen molar-refractivity contribution < 1.29 is 4.79 Å². The Bertz CT molecular complexity index is 508. The zero-order valence-corrected chi connectivity index (χ0v) is 12.1. The van der Waals surface area contributed by atoms with E-state index >= 15 is 0 Å². The number of aryl methyl sites for hydroxylation is 1. The third kappa shape index (κ3) is 3.84. The number of amides is 1. The SMILES string of the molecule is Cc1cccc(NC(=O)CC2CCCCCC2)c1C#N. The quantitative estimate of drug-likeness (QED) is 0.838. The molecular formula is C17H22N2O. The van der Waals surface area contributed by atoms with Crippen LogP contribution in [0.1, 0.15) is 56.1 Å². The highest BCUT2D eigenvalue weighted by atomic mass is 16.1. The molecule has 1 aliphatic rings. The lowest BCUT2D eigenvalue weighted by atomic mass is 9.96. The van der Waals surface area contributed by atoms with Crippen molar-refractivity contribution in [2.75, 3.05) is 5.32 Å². The van der Waals surface area contributed by atoms with E-state index in [1.165, 1.54) is 25.7 Å². The molecule has 1 aromatic carbocycles. The van der Waals surface area contributed by atoms with Gasteiger partial charge in [-0.15, -0.1) is 0 Å². The van der Waals surface area contributed by atoms with E-state index in [4.69, 9.17) is 5.26 Å². The van der Waals surface area contributed by atoms with E-state index in [-0.39, 0.29) is 5.91 Å². The van der Waals surface area contributed by atoms with Crippen molar-refractivity contribution in [3.63, 3.8) is 0 Å². The first-order valence-electron chi connectivity index (χ1n) is 7.50. The molecule has 2 rings (SSSR count). The average Bonchev–Trinajstić information content (AvgIpc) is 2.67. The number of nitrogens with one attached hydrogen (secondary N) is 1. The predicted octanol–water partition coefficient (Wildman–Crippen LogP) is 4.17. The summed E-state index contributed by atoms with van der Waals surface area (Å²) in [5.74, 6) is 0.548. The summed E-state index contributed by atoms with van der Waals surface area (Å²) in [7, 11) is 0. The van der Waals surface area contributed by atoms with Crippen molar-refractivity contribution in [1.29, 1.82) is 5.26 Å². The van der Waals surface area contributed by atoms with E-state index in [2.05, 4.69) is 11.4 Å². The molecule has 20 heavy (non-hydrogen) atoms. The van der Waals surface area contributed by atoms with Gasteiger partial charge >= 0.3 is 0 Å². The Hall–Kier alpha value is -1.82. The molecule has 0 aromatic heterocycles. The van der Waals surface area contributed by atoms with Gasteiger partial charge in [0.15, 0.2) is 0 Å². The standard InChI is InChI=1S/C17H22N2O/c1-13-7-6-10-16(15(13)12-18)19-17(20)11-14-8-4-2-3-5-9-14/h6-7,10,14H,2-5,8-9,11H2,1H3,(H,19,20). The van der Waals surface area contributed by atoms with Crippen LogP contribution in [-0.2, 0) is 4.79 Å². The molecule has 0 unspecified atom stereocenters. The third-order valence-corrected chi connectivity index (χ3v) is 4.11. The summed E-state index contributed by atoms with van der Waals surface area (Å²) in [6, 6.07) is 7.73. The van der Waals surface area contributed by atoms with E-state index in [0.717, 1.165) is 18.4 Å². The van der Waals surface area contributed by atoms with Gasteiger partial charge in [-0.2, -0.15) is 5.26 Å². The number of benzene rings is 1. The van der Waals surface area contributed by atoms with E-state index in [1.54, 1.807) is 6.07 Å². The lowest BCUT2D eigenvalue weighted by Gasteiger charge is -2.14. The van der Waals surface area contributed by atoms with Crippen LogP contribution in [0.15, 0.2) is 18.2 Å². The van der Waals surface area contributed by atoms with Crippen molar-refractivity contribution in [3.8, 4) is 6.07 Å². The lowest BCUT2D eigenvalue weighted by Crippen LogP contribution is -2.17. The Morgan fingerprint density at radius 2 is 2.00 bits per heavy atom. The Morgan fingerprint density at radius 3 is 2.65 bits per heavy atom. The smallest absolute Gasteiger partial charge is 0.224 e. The van der Waals surface area contributed by atoms with Crippen LogP contribution >= 0.6 is 0 Å². The van der Waals surface area contributed by atoms with Crippen LogP contribution in [-0.4, -0.2) is 5.91 Å². The molecule has 0 radical (unpaired) electrons. The second-order valence-electron chi connectivity index (χ2n) is 5.72. The lowest BCUT2D eigenvalue weighted by molar-refractivity contribution is -0.117. The van der Waals surface area contributed by atoms with E-state index in [1.807, 2.05) is 19.1 Å². The maximum atomic E-state index is 12.2. The van der Waals surface area contributed by atoms with Crippen molar-refractivity contribution >= 4 is 11.6 Å². The molecule has 3 nitrogen and oxygen atoms in total. The zero-order valence-electron chi connectivity index (χ0n) is 12.1. The number of nitriles is 1. The fourth-order valence-corrected chi connectivity index (χ4v) is 2.95. The Labute approximate surface area is 121 Å². The maximum absolute atomic E-state index is 12.2. The highest BCUT2D eigenvalue weighted by Crippen LogP contribution is 2.26. The Kier molecular flexibility index (Phi) is 5.17. The maximum Gasteiger partial charge on any atom is 0.224 e. The summed E-state index contributed by atoms with van der Waals surface area (Å²) < 4.78 is 0. The molecule has 0 aliphatic heterocycles. The van der Waals surface area contributed by atoms with Crippen molar-refractivity contribution in [2.45, 2.75) is 51.9 Å². The molecule has 106 valence electrons. The molecule has 0 bridgehead atoms. The minimum atomic E-state index is 0.0407. The van der Waals surface area contributed by atoms with Crippen LogP contribution in [0.2, 0.25) is 0 Å². The van der Waals surface area contributed by atoms with Crippen LogP contribution in [0.5, 0.6) is 0 Å². The molecule has 0 spiro atoms. The van der Waals surface area contributed by atoms with Crippen LogP contribution in [0.3, 0.4) is 0 Å². The van der Waals surface area contributed by atoms with Gasteiger partial charge < -0.3 is 5.32 Å². The van der Waals surface area contributed by atoms with Crippen molar-refractivity contribution in [3.05, 3.63) is 29.3 Å². The molecule has 0 atom stereocenters. The summed E-state index contributed by atoms with van der Waals surface area (Å²) in [6.45, 7) is 1.89. The van der Waals surface area contributed by atoms with Gasteiger partial charge in [0.1, 0.15) is 6.07 Å². The first-order chi connectivity index (χ1) is 9.70. The van der Waals surface area contributed by atoms with Crippen LogP contribution < -0.4 is 5.32 Å². The first kappa shape index (κ1) is 14.6. The van der Waals surface area contributed by atoms with Gasteiger partial charge in [0.05, 0.1) is 11.3 Å². The van der Waals surface area contributed by atoms with Gasteiger partial charge in [0.25, 0.3) is 0 Å². The van der Waals surface area contributed by atoms with E-state index < -0.39 is 0 Å². The zero-order chi connectivity index (χ0) is 14.4. The number of anilines is 1. The minimum Gasteiger partial charge on any atom is -0.325 e. The number of rotatable bonds is 3. The molecule has 1 amide bonds. The summed E-state index contributed by atoms with van der Waals surface area (Å²) in [6.07, 6.45) is 7.98. The molecule has 1 fully saturated rings. The fourth-order valence-electron chi connectivity index (χ4n) is 2.95. The molecule has 1 aliphatic carbocycles. The fraction of sp³-hybridized carbons (Fsp3) is 0.529. The topological polar surface area (TPSA) is 52.9 Å². The highest BCUT2D eigenvalue weighted by molar-refractivity contribution is 5.92. The van der Waals surface area contributed by atoms with Gasteiger partial charge in [-0.3, -0.25) is 4.79 Å². The normalized spacial score (nSPS) is 16.2. The molecule has 1 saturated carbocycles. The number of carbonyl (C=O) groups excluding carboxylic acids is 1. The van der Waals surface area contributed by atoms with Crippen LogP contribution in [0.4, 0.5) is 5.69 Å². The number of carbonyl (C=O) groups is 1. The van der Waals surface area contributed by atoms with Gasteiger partial charge in [0, 0.05) is 6.42 Å². The second kappa shape index (κ2) is 7.09. The first-order valence-corrected chi connectivity index (χ1v) is 7.50. The Morgan fingerprint density at radius 1 is 1.30 bits per heavy atom. The van der Waals surface area contributed by atoms with Crippen molar-refractivity contribution in [2.24, 2.45) is 5.92 Å². The second-order valence-corrected chi connectivity index (χ2v) is 5.72. The molecule has 3 heteroatoms. The van der Waals surface area contributed by atoms with Gasteiger partial charge in [-0.25, -0.2) is 0 Å². The number of hydrogen-bond acceptors (Lipinski definition) is 2. The number of nitrogens with zero attached hydrogens (tertiary/aromatic N) is 1. The average molecular weight is 270 g/mol. The van der Waals surface area contributed by atoms with E-state index in [9.17, 15) is 4.79 Å². The molecule has 1 aromatic rings. The largest absolute Gasteiger partial charge is 0.325 e. The molecular weight excluding hydrogens is 248 g/mol.